The Labute approximate surface area is 163 Å². The minimum atomic E-state index is -0.487. The Kier molecular flexibility index (Phi) is 5.69. The number of hydrogen-bond acceptors (Lipinski definition) is 7. The summed E-state index contributed by atoms with van der Waals surface area (Å²) in [6.07, 6.45) is 1.54. The maximum absolute atomic E-state index is 11.2. The molecule has 1 aromatic carbocycles. The van der Waals surface area contributed by atoms with E-state index in [9.17, 15) is 4.79 Å². The number of benzene rings is 1. The number of anilines is 3. The van der Waals surface area contributed by atoms with Gasteiger partial charge in [0.1, 0.15) is 11.6 Å². The van der Waals surface area contributed by atoms with Gasteiger partial charge in [0, 0.05) is 36.5 Å². The topological polar surface area (TPSA) is 132 Å². The first-order valence-electron chi connectivity index (χ1n) is 8.89. The number of primary amides is 1. The molecule has 6 N–H and O–H groups in total. The third-order valence-corrected chi connectivity index (χ3v) is 4.41. The number of nitrogens with zero attached hydrogens (tertiary/aromatic N) is 3. The Hall–Kier alpha value is -3.68. The summed E-state index contributed by atoms with van der Waals surface area (Å²) >= 11 is 0. The summed E-state index contributed by atoms with van der Waals surface area (Å²) in [5.41, 5.74) is 15.7. The molecule has 0 fully saturated rings. The van der Waals surface area contributed by atoms with E-state index in [1.54, 1.807) is 12.1 Å². The van der Waals surface area contributed by atoms with E-state index in [-0.39, 0.29) is 5.95 Å². The third kappa shape index (κ3) is 4.53. The molecule has 3 aromatic rings. The molecule has 0 unspecified atom stereocenters. The molecular weight excluding hydrogens is 354 g/mol. The fourth-order valence-corrected chi connectivity index (χ4v) is 2.78. The van der Waals surface area contributed by atoms with Crippen molar-refractivity contribution in [1.29, 1.82) is 0 Å². The number of rotatable bonds is 7. The van der Waals surface area contributed by atoms with E-state index in [1.807, 2.05) is 18.2 Å². The van der Waals surface area contributed by atoms with Gasteiger partial charge in [-0.15, -0.1) is 0 Å². The van der Waals surface area contributed by atoms with E-state index in [0.29, 0.717) is 30.3 Å². The highest BCUT2D eigenvalue weighted by molar-refractivity contribution is 5.93. The number of pyridine rings is 1. The molecule has 0 bridgehead atoms. The summed E-state index contributed by atoms with van der Waals surface area (Å²) in [6.45, 7) is 5.27. The zero-order valence-corrected chi connectivity index (χ0v) is 15.9. The molecule has 8 nitrogen and oxygen atoms in total. The van der Waals surface area contributed by atoms with Crippen LogP contribution in [0.1, 0.15) is 21.5 Å². The summed E-state index contributed by atoms with van der Waals surface area (Å²) in [6, 6.07) is 11.2. The van der Waals surface area contributed by atoms with E-state index in [4.69, 9.17) is 11.5 Å². The molecule has 3 rings (SSSR count). The number of aromatic nitrogens is 3. The number of nitrogens with one attached hydrogen (secondary N) is 2. The number of amides is 1. The van der Waals surface area contributed by atoms with E-state index >= 15 is 0 Å². The van der Waals surface area contributed by atoms with Crippen molar-refractivity contribution >= 4 is 23.5 Å². The second-order valence-corrected chi connectivity index (χ2v) is 6.39. The minimum absolute atomic E-state index is 0.213. The second kappa shape index (κ2) is 8.34. The van der Waals surface area contributed by atoms with Crippen LogP contribution < -0.4 is 22.1 Å². The summed E-state index contributed by atoms with van der Waals surface area (Å²) < 4.78 is 0. The van der Waals surface area contributed by atoms with Crippen LogP contribution in [0, 0.1) is 13.8 Å². The Morgan fingerprint density at radius 3 is 2.54 bits per heavy atom. The van der Waals surface area contributed by atoms with Crippen LogP contribution in [0.2, 0.25) is 0 Å². The Bertz CT molecular complexity index is 1000. The van der Waals surface area contributed by atoms with Crippen LogP contribution in [-0.4, -0.2) is 33.9 Å². The van der Waals surface area contributed by atoms with Crippen LogP contribution in [0.5, 0.6) is 0 Å². The van der Waals surface area contributed by atoms with Crippen LogP contribution >= 0.6 is 0 Å². The number of carbonyl (C=O) groups excluding carboxylic acids is 1. The minimum Gasteiger partial charge on any atom is -0.368 e. The largest absolute Gasteiger partial charge is 0.368 e. The molecule has 0 atom stereocenters. The summed E-state index contributed by atoms with van der Waals surface area (Å²) in [5.74, 6) is 0.948. The normalized spacial score (nSPS) is 10.5. The van der Waals surface area contributed by atoms with Crippen molar-refractivity contribution in [3.05, 3.63) is 59.3 Å². The Morgan fingerprint density at radius 1 is 1.04 bits per heavy atom. The molecule has 2 aromatic heterocycles. The molecule has 0 aliphatic heterocycles. The lowest BCUT2D eigenvalue weighted by molar-refractivity contribution is 0.1000. The van der Waals surface area contributed by atoms with Crippen molar-refractivity contribution in [2.24, 2.45) is 5.73 Å². The fraction of sp³-hybridized carbons (Fsp3) is 0.200. The molecule has 0 saturated carbocycles. The zero-order chi connectivity index (χ0) is 20.1. The van der Waals surface area contributed by atoms with Gasteiger partial charge < -0.3 is 22.1 Å². The van der Waals surface area contributed by atoms with Gasteiger partial charge in [0.15, 0.2) is 0 Å². The van der Waals surface area contributed by atoms with Crippen molar-refractivity contribution in [2.75, 3.05) is 29.5 Å². The predicted molar refractivity (Wildman–Crippen MR) is 111 cm³/mol. The SMILES string of the molecule is Cc1cccc(-c2cc(NCCNc3cc(C(N)=O)ccn3)nc(N)n2)c1C. The number of carbonyl (C=O) groups is 1. The van der Waals surface area contributed by atoms with E-state index in [1.165, 1.54) is 11.8 Å². The summed E-state index contributed by atoms with van der Waals surface area (Å²) in [7, 11) is 0. The first-order valence-corrected chi connectivity index (χ1v) is 8.89. The number of hydrogen-bond donors (Lipinski definition) is 4. The number of aryl methyl sites for hydroxylation is 1. The molecular formula is C20H23N7O. The number of nitrogens with two attached hydrogens (primary N) is 2. The van der Waals surface area contributed by atoms with Gasteiger partial charge in [-0.1, -0.05) is 18.2 Å². The predicted octanol–water partition coefficient (Wildman–Crippen LogP) is 2.36. The lowest BCUT2D eigenvalue weighted by atomic mass is 10.0. The van der Waals surface area contributed by atoms with Crippen molar-refractivity contribution in [1.82, 2.24) is 15.0 Å². The van der Waals surface area contributed by atoms with Gasteiger partial charge in [-0.25, -0.2) is 9.97 Å². The third-order valence-electron chi connectivity index (χ3n) is 4.41. The van der Waals surface area contributed by atoms with Crippen LogP contribution in [0.4, 0.5) is 17.6 Å². The smallest absolute Gasteiger partial charge is 0.248 e. The molecule has 8 heteroatoms. The van der Waals surface area contributed by atoms with Crippen molar-refractivity contribution < 1.29 is 4.79 Å². The average Bonchev–Trinajstić information content (AvgIpc) is 2.67. The van der Waals surface area contributed by atoms with Gasteiger partial charge >= 0.3 is 0 Å². The molecule has 28 heavy (non-hydrogen) atoms. The van der Waals surface area contributed by atoms with Gasteiger partial charge in [0.25, 0.3) is 0 Å². The molecule has 0 aliphatic carbocycles. The number of nitrogen functional groups attached to an aromatic ring is 1. The Balaban J connectivity index is 1.65. The highest BCUT2D eigenvalue weighted by Crippen LogP contribution is 2.25. The molecule has 1 amide bonds. The van der Waals surface area contributed by atoms with Crippen LogP contribution in [-0.2, 0) is 0 Å². The lowest BCUT2D eigenvalue weighted by Crippen LogP contribution is -2.16. The first-order chi connectivity index (χ1) is 13.4. The van der Waals surface area contributed by atoms with Crippen LogP contribution in [0.3, 0.4) is 0 Å². The monoisotopic (exact) mass is 377 g/mol. The van der Waals surface area contributed by atoms with Crippen molar-refractivity contribution in [3.8, 4) is 11.3 Å². The maximum Gasteiger partial charge on any atom is 0.248 e. The quantitative estimate of drug-likeness (QED) is 0.465. The van der Waals surface area contributed by atoms with Crippen LogP contribution in [0.15, 0.2) is 42.6 Å². The first kappa shape index (κ1) is 19.1. The molecule has 0 spiro atoms. The van der Waals surface area contributed by atoms with Gasteiger partial charge in [-0.2, -0.15) is 4.98 Å². The van der Waals surface area contributed by atoms with Crippen molar-refractivity contribution in [2.45, 2.75) is 13.8 Å². The standard InChI is InChI=1S/C20H23N7O/c1-12-4-3-5-15(13(12)2)16-11-18(27-20(22)26-16)25-9-8-24-17-10-14(19(21)28)6-7-23-17/h3-7,10-11H,8-9H2,1-2H3,(H2,21,28)(H,23,24)(H3,22,25,26,27). The average molecular weight is 377 g/mol. The highest BCUT2D eigenvalue weighted by Gasteiger charge is 2.09. The van der Waals surface area contributed by atoms with Gasteiger partial charge in [-0.05, 0) is 37.1 Å². The molecule has 2 heterocycles. The maximum atomic E-state index is 11.2. The van der Waals surface area contributed by atoms with Gasteiger partial charge in [0.2, 0.25) is 11.9 Å². The molecule has 0 saturated heterocycles. The fourth-order valence-electron chi connectivity index (χ4n) is 2.78. The second-order valence-electron chi connectivity index (χ2n) is 6.39. The molecule has 144 valence electrons. The zero-order valence-electron chi connectivity index (χ0n) is 15.9. The van der Waals surface area contributed by atoms with E-state index < -0.39 is 5.91 Å². The summed E-state index contributed by atoms with van der Waals surface area (Å²) in [5, 5.41) is 6.36. The van der Waals surface area contributed by atoms with Crippen molar-refractivity contribution in [3.63, 3.8) is 0 Å². The van der Waals surface area contributed by atoms with E-state index in [0.717, 1.165) is 16.8 Å². The van der Waals surface area contributed by atoms with Gasteiger partial charge in [0.05, 0.1) is 5.69 Å². The van der Waals surface area contributed by atoms with E-state index in [2.05, 4.69) is 45.5 Å². The highest BCUT2D eigenvalue weighted by atomic mass is 16.1. The van der Waals surface area contributed by atoms with Crippen LogP contribution in [0.25, 0.3) is 11.3 Å². The molecule has 0 radical (unpaired) electrons. The molecule has 0 aliphatic rings. The summed E-state index contributed by atoms with van der Waals surface area (Å²) in [4.78, 5) is 24.0. The van der Waals surface area contributed by atoms with Gasteiger partial charge in [-0.3, -0.25) is 4.79 Å². The lowest BCUT2D eigenvalue weighted by Gasteiger charge is -2.12. The Morgan fingerprint density at radius 2 is 1.79 bits per heavy atom.